The first kappa shape index (κ1) is 17.6. The molecule has 0 aromatic heterocycles. The van der Waals surface area contributed by atoms with Crippen molar-refractivity contribution in [2.45, 2.75) is 43.7 Å². The third-order valence-corrected chi connectivity index (χ3v) is 7.47. The molecular formula is C7H16Al2Cl4. The van der Waals surface area contributed by atoms with Gasteiger partial charge >= 0.3 is 24.6 Å². The normalized spacial score (nSPS) is 9.23. The number of unbranched alkanes of at least 4 members (excludes halogenated alkanes) is 1. The average molecular weight is 296 g/mol. The van der Waals surface area contributed by atoms with E-state index in [1.807, 2.05) is 13.8 Å². The zero-order chi connectivity index (χ0) is 10.9. The zero-order valence-corrected chi connectivity index (χ0v) is 13.7. The minimum Gasteiger partial charge on any atom is -0.234 e. The largest absolute Gasteiger partial charge is 0.521 e. The number of halogens is 4. The summed E-state index contributed by atoms with van der Waals surface area (Å²) in [5.41, 5.74) is 0. The van der Waals surface area contributed by atoms with Crippen LogP contribution >= 0.6 is 40.2 Å². The fourth-order valence-corrected chi connectivity index (χ4v) is 2.00. The van der Waals surface area contributed by atoms with Crippen molar-refractivity contribution >= 4 is 64.8 Å². The number of hydrogen-bond acceptors (Lipinski definition) is 0. The Bertz CT molecular complexity index is 92.5. The molecule has 0 aliphatic heterocycles. The van der Waals surface area contributed by atoms with Crippen molar-refractivity contribution in [2.75, 3.05) is 0 Å². The van der Waals surface area contributed by atoms with E-state index in [4.69, 9.17) is 40.2 Å². The van der Waals surface area contributed by atoms with E-state index in [0.29, 0.717) is 4.78 Å². The summed E-state index contributed by atoms with van der Waals surface area (Å²) in [5.74, 6) is 0. The summed E-state index contributed by atoms with van der Waals surface area (Å²) < 4.78 is 0.522. The Labute approximate surface area is 107 Å². The molecule has 0 aliphatic carbocycles. The Morgan fingerprint density at radius 2 is 1.46 bits per heavy atom. The molecule has 0 spiro atoms. The Morgan fingerprint density at radius 3 is 1.54 bits per heavy atom. The van der Waals surface area contributed by atoms with Gasteiger partial charge in [0.1, 0.15) is 0 Å². The topological polar surface area (TPSA) is 0 Å². The molecular weight excluding hydrogens is 280 g/mol. The minimum absolute atomic E-state index is 0.522. The van der Waals surface area contributed by atoms with E-state index in [1.165, 1.54) is 12.8 Å². The lowest BCUT2D eigenvalue weighted by molar-refractivity contribution is 0.881. The van der Waals surface area contributed by atoms with Gasteiger partial charge in [0.2, 0.25) is 0 Å². The van der Waals surface area contributed by atoms with Gasteiger partial charge in [0.05, 0.1) is 0 Å². The van der Waals surface area contributed by atoms with Gasteiger partial charge in [-0.2, -0.15) is 0 Å². The van der Waals surface area contributed by atoms with Crippen molar-refractivity contribution < 1.29 is 0 Å². The van der Waals surface area contributed by atoms with Crippen LogP contribution in [0.25, 0.3) is 0 Å². The predicted octanol–water partition coefficient (Wildman–Crippen LogP) is 5.11. The van der Waals surface area contributed by atoms with E-state index in [0.717, 1.165) is 5.28 Å². The van der Waals surface area contributed by atoms with Gasteiger partial charge in [-0.25, -0.2) is 40.2 Å². The molecule has 0 radical (unpaired) electrons. The van der Waals surface area contributed by atoms with E-state index < -0.39 is 24.6 Å². The molecule has 0 aliphatic rings. The van der Waals surface area contributed by atoms with Crippen LogP contribution in [0.3, 0.4) is 0 Å². The van der Waals surface area contributed by atoms with Crippen molar-refractivity contribution in [3.63, 3.8) is 0 Å². The van der Waals surface area contributed by atoms with E-state index in [2.05, 4.69) is 6.92 Å². The van der Waals surface area contributed by atoms with Crippen molar-refractivity contribution in [3.05, 3.63) is 0 Å². The lowest BCUT2D eigenvalue weighted by Gasteiger charge is -1.93. The summed E-state index contributed by atoms with van der Waals surface area (Å²) in [4.78, 5) is 0. The molecule has 0 heterocycles. The van der Waals surface area contributed by atoms with Crippen molar-refractivity contribution in [2.24, 2.45) is 0 Å². The van der Waals surface area contributed by atoms with Crippen LogP contribution in [0.4, 0.5) is 0 Å². The molecule has 0 unspecified atom stereocenters. The Kier molecular flexibility index (Phi) is 16.7. The third-order valence-electron chi connectivity index (χ3n) is 1.28. The molecule has 0 nitrogen and oxygen atoms in total. The Hall–Kier alpha value is 2.22. The standard InChI is InChI=1S/C4H9.C3H7.2Al.4ClH/c1-3-4-2;1-3-2;;;;;;/h1,3-4H2,2H3;3H,1-2H3;;;4*1H/q;;2*+2;;;;/p-4. The molecule has 0 fully saturated rings. The van der Waals surface area contributed by atoms with Gasteiger partial charge in [-0.15, -0.1) is 0 Å². The van der Waals surface area contributed by atoms with Gasteiger partial charge in [-0.3, -0.25) is 0 Å². The van der Waals surface area contributed by atoms with E-state index in [1.54, 1.807) is 0 Å². The first-order chi connectivity index (χ1) is 5.91. The molecule has 78 valence electrons. The van der Waals surface area contributed by atoms with Gasteiger partial charge < -0.3 is 0 Å². The van der Waals surface area contributed by atoms with Gasteiger partial charge in [-0.1, -0.05) is 43.7 Å². The second-order valence-electron chi connectivity index (χ2n) is 3.11. The summed E-state index contributed by atoms with van der Waals surface area (Å²) in [6.45, 7) is 6.22. The highest BCUT2D eigenvalue weighted by molar-refractivity contribution is 7.34. The molecule has 0 N–H and O–H groups in total. The molecule has 0 bridgehead atoms. The van der Waals surface area contributed by atoms with Crippen molar-refractivity contribution in [3.8, 4) is 0 Å². The molecule has 0 atom stereocenters. The van der Waals surface area contributed by atoms with Gasteiger partial charge in [0.25, 0.3) is 0 Å². The first-order valence-corrected chi connectivity index (χ1v) is 12.9. The van der Waals surface area contributed by atoms with Crippen LogP contribution in [0.1, 0.15) is 33.6 Å². The minimum atomic E-state index is -1.30. The smallest absolute Gasteiger partial charge is 0.234 e. The lowest BCUT2D eigenvalue weighted by atomic mass is 10.4. The molecule has 0 saturated carbocycles. The highest BCUT2D eigenvalue weighted by atomic mass is 35.7. The van der Waals surface area contributed by atoms with Crippen LogP contribution in [-0.2, 0) is 0 Å². The first-order valence-electron chi connectivity index (χ1n) is 4.48. The molecule has 13 heavy (non-hydrogen) atoms. The fraction of sp³-hybridized carbons (Fsp3) is 1.00. The van der Waals surface area contributed by atoms with Crippen LogP contribution in [0, 0.1) is 0 Å². The molecule has 0 aromatic carbocycles. The van der Waals surface area contributed by atoms with Gasteiger partial charge in [0, 0.05) is 0 Å². The Balaban J connectivity index is 0. The fourth-order valence-electron chi connectivity index (χ4n) is 0.358. The third kappa shape index (κ3) is 20.3. The van der Waals surface area contributed by atoms with Crippen molar-refractivity contribution in [1.82, 2.24) is 0 Å². The maximum Gasteiger partial charge on any atom is 0.521 e. The van der Waals surface area contributed by atoms with Crippen LogP contribution in [0.15, 0.2) is 0 Å². The van der Waals surface area contributed by atoms with E-state index in [-0.39, 0.29) is 0 Å². The summed E-state index contributed by atoms with van der Waals surface area (Å²) >= 11 is -2.54. The predicted molar refractivity (Wildman–Crippen MR) is 69.7 cm³/mol. The SMILES string of the molecule is CCC[CH2][Al]([Cl])[Cl].C[CH](C)[Al]([Cl])[Cl]. The van der Waals surface area contributed by atoms with Crippen LogP contribution < -0.4 is 0 Å². The number of hydrogen-bond donors (Lipinski definition) is 0. The number of rotatable bonds is 4. The average Bonchev–Trinajstić information content (AvgIpc) is 2.01. The maximum absolute atomic E-state index is 5.56. The van der Waals surface area contributed by atoms with Crippen LogP contribution in [-0.4, -0.2) is 24.6 Å². The molecule has 0 aromatic rings. The van der Waals surface area contributed by atoms with E-state index in [9.17, 15) is 0 Å². The lowest BCUT2D eigenvalue weighted by Crippen LogP contribution is -1.96. The summed E-state index contributed by atoms with van der Waals surface area (Å²) in [5, 5.41) is 1.07. The van der Waals surface area contributed by atoms with Crippen LogP contribution in [0.5, 0.6) is 0 Å². The highest BCUT2D eigenvalue weighted by Gasteiger charge is 2.14. The molecule has 6 heteroatoms. The highest BCUT2D eigenvalue weighted by Crippen LogP contribution is 2.13. The summed E-state index contributed by atoms with van der Waals surface area (Å²) in [6, 6.07) is 0. The monoisotopic (exact) mass is 294 g/mol. The maximum atomic E-state index is 5.56. The van der Waals surface area contributed by atoms with E-state index >= 15 is 0 Å². The van der Waals surface area contributed by atoms with Gasteiger partial charge in [0.15, 0.2) is 0 Å². The Morgan fingerprint density at radius 1 is 1.08 bits per heavy atom. The summed E-state index contributed by atoms with van der Waals surface area (Å²) in [6.07, 6.45) is 2.41. The van der Waals surface area contributed by atoms with Crippen molar-refractivity contribution in [1.29, 1.82) is 0 Å². The summed E-state index contributed by atoms with van der Waals surface area (Å²) in [7, 11) is 22.2. The second kappa shape index (κ2) is 12.3. The molecule has 0 rings (SSSR count). The quantitative estimate of drug-likeness (QED) is 0.632. The van der Waals surface area contributed by atoms with Crippen LogP contribution in [0.2, 0.25) is 10.1 Å². The molecule has 0 saturated heterocycles. The second-order valence-corrected chi connectivity index (χ2v) is 13.8. The zero-order valence-electron chi connectivity index (χ0n) is 8.37. The van der Waals surface area contributed by atoms with Gasteiger partial charge in [-0.05, 0) is 0 Å². The molecule has 0 amide bonds.